The molecule has 5 heavy (non-hydrogen) atoms. The molecule has 0 aliphatic rings. The first-order valence-corrected chi connectivity index (χ1v) is 2.41. The Bertz CT molecular complexity index is 11.1. The summed E-state index contributed by atoms with van der Waals surface area (Å²) in [6.07, 6.45) is 2.73. The normalized spacial score (nSPS) is 8.60. The van der Waals surface area contributed by atoms with Gasteiger partial charge in [0.25, 0.3) is 0 Å². The number of hydrogen-bond donors (Lipinski definition) is 0. The van der Waals surface area contributed by atoms with Crippen LogP contribution in [0.25, 0.3) is 0 Å². The van der Waals surface area contributed by atoms with E-state index in [1.807, 2.05) is 0 Å². The fraction of sp³-hybridized carbons (Fsp3) is 1.00. The maximum atomic E-state index is 2.21. The fourth-order valence-electron chi connectivity index (χ4n) is 0.354. The molecule has 1 heteroatoms. The Kier molecular flexibility index (Phi) is 5.15. The second-order valence-corrected chi connectivity index (χ2v) is 1.35. The molecule has 0 aliphatic carbocycles. The molecular weight excluding hydrogens is 233 g/mol. The second kappa shape index (κ2) is 4.60. The Morgan fingerprint density at radius 1 is 1.60 bits per heavy atom. The molecular formula is C4H9Li. The zero-order valence-corrected chi connectivity index (χ0v) is 4.12. The molecule has 0 aromatic carbocycles. The van der Waals surface area contributed by atoms with Crippen LogP contribution in [-0.2, 0) is 0 Å². The third kappa shape index (κ3) is 4.60. The molecule has 0 aromatic rings. The Labute approximate surface area is 43.2 Å². The van der Waals surface area contributed by atoms with Crippen LogP contribution >= 0.6 is 0 Å². The molecule has 0 bridgehead atoms. The van der Waals surface area contributed by atoms with Crippen LogP contribution in [0, 0.1) is 0 Å². The van der Waals surface area contributed by atoms with Gasteiger partial charge in [0.1, 0.15) is 0 Å². The van der Waals surface area contributed by atoms with Crippen LogP contribution in [0.1, 0.15) is 19.8 Å². The maximum absolute atomic E-state index is 2.21. The monoisotopic (exact) mass is 242 g/mol. The predicted octanol–water partition coefficient (Wildman–Crippen LogP) is 1.37. The Hall–Kier alpha value is 0.597. The molecule has 0 aliphatic heterocycles. The predicted molar refractivity (Wildman–Crippen MR) is 25.5 cm³/mol. The summed E-state index contributed by atoms with van der Waals surface area (Å²) in [5, 5.41) is 1.34. The SMILES string of the molecule is [185Li][CH2]CCC. The number of unbranched alkanes of at least 4 members (excludes halogenated alkanes) is 1. The molecule has 0 radical (unpaired) electrons. The molecule has 0 fully saturated rings. The van der Waals surface area contributed by atoms with Crippen LogP contribution in [0.3, 0.4) is 0 Å². The van der Waals surface area contributed by atoms with Crippen molar-refractivity contribution in [3.8, 4) is 0 Å². The van der Waals surface area contributed by atoms with E-state index >= 15 is 0 Å². The van der Waals surface area contributed by atoms with Gasteiger partial charge >= 0.3 is 42.6 Å². The third-order valence-electron chi connectivity index (χ3n) is 0.707. The van der Waals surface area contributed by atoms with E-state index in [4.69, 9.17) is 0 Å². The van der Waals surface area contributed by atoms with Crippen molar-refractivity contribution < 1.29 is 0 Å². The summed E-state index contributed by atoms with van der Waals surface area (Å²) < 4.78 is 0. The molecule has 0 amide bonds. The average molecular weight is 242 g/mol. The van der Waals surface area contributed by atoms with Gasteiger partial charge in [-0.05, 0) is 0 Å². The van der Waals surface area contributed by atoms with E-state index < -0.39 is 0 Å². The van der Waals surface area contributed by atoms with Crippen molar-refractivity contribution in [1.29, 1.82) is 0 Å². The van der Waals surface area contributed by atoms with Gasteiger partial charge in [-0.25, -0.2) is 0 Å². The first kappa shape index (κ1) is 5.60. The van der Waals surface area contributed by atoms with Crippen LogP contribution in [0.2, 0.25) is 5.09 Å². The summed E-state index contributed by atoms with van der Waals surface area (Å²) in [5.41, 5.74) is 0. The van der Waals surface area contributed by atoms with Gasteiger partial charge in [0.15, 0.2) is 0 Å². The quantitative estimate of drug-likeness (QED) is 0.641. The van der Waals surface area contributed by atoms with Gasteiger partial charge < -0.3 is 0 Å². The summed E-state index contributed by atoms with van der Waals surface area (Å²) in [6.45, 7) is 2.21. The summed E-state index contributed by atoms with van der Waals surface area (Å²) in [5.74, 6) is 0. The molecule has 0 saturated heterocycles. The van der Waals surface area contributed by atoms with Gasteiger partial charge in [-0.1, -0.05) is 0 Å². The molecule has 0 saturated carbocycles. The number of hydrogen-bond acceptors (Lipinski definition) is 0. The van der Waals surface area contributed by atoms with Crippen molar-refractivity contribution in [1.82, 2.24) is 0 Å². The van der Waals surface area contributed by atoms with Crippen molar-refractivity contribution in [2.45, 2.75) is 24.9 Å². The summed E-state index contributed by atoms with van der Waals surface area (Å²) in [6, 6.07) is 0. The molecule has 0 heterocycles. The number of rotatable bonds is 2. The van der Waals surface area contributed by atoms with Gasteiger partial charge in [-0.2, -0.15) is 0 Å². The zero-order valence-electron chi connectivity index (χ0n) is 4.12. The fourth-order valence-corrected chi connectivity index (χ4v) is 0.354. The van der Waals surface area contributed by atoms with Crippen LogP contribution in [0.5, 0.6) is 0 Å². The van der Waals surface area contributed by atoms with Crippen molar-refractivity contribution in [3.63, 3.8) is 0 Å². The van der Waals surface area contributed by atoms with Gasteiger partial charge in [-0.3, -0.25) is 0 Å². The van der Waals surface area contributed by atoms with E-state index in [0.29, 0.717) is 0 Å². The molecule has 26 valence electrons. The molecule has 0 rings (SSSR count). The molecule has 0 nitrogen and oxygen atoms in total. The molecule has 0 N–H and O–H groups in total. The van der Waals surface area contributed by atoms with Crippen molar-refractivity contribution >= 4 is 17.7 Å². The first-order valence-electron chi connectivity index (χ1n) is 2.41. The van der Waals surface area contributed by atoms with E-state index in [2.05, 4.69) is 24.6 Å². The molecule has 0 aromatic heterocycles. The minimum atomic E-state index is 1.34. The summed E-state index contributed by atoms with van der Waals surface area (Å²) >= 11 is 2.21. The van der Waals surface area contributed by atoms with Gasteiger partial charge in [-0.15, -0.1) is 0 Å². The Morgan fingerprint density at radius 2 is 2.20 bits per heavy atom. The third-order valence-corrected chi connectivity index (χ3v) is 0.707. The van der Waals surface area contributed by atoms with E-state index in [0.717, 1.165) is 0 Å². The average Bonchev–Trinajstić information content (AvgIpc) is 1.41. The van der Waals surface area contributed by atoms with Gasteiger partial charge in [0.05, 0.1) is 0 Å². The summed E-state index contributed by atoms with van der Waals surface area (Å²) in [4.78, 5) is 0. The van der Waals surface area contributed by atoms with E-state index in [1.165, 1.54) is 17.9 Å². The first-order chi connectivity index (χ1) is 2.41. The second-order valence-electron chi connectivity index (χ2n) is 1.35. The Morgan fingerprint density at radius 3 is 2.20 bits per heavy atom. The van der Waals surface area contributed by atoms with E-state index in [1.54, 1.807) is 0 Å². The summed E-state index contributed by atoms with van der Waals surface area (Å²) in [7, 11) is 0. The van der Waals surface area contributed by atoms with E-state index in [9.17, 15) is 0 Å². The van der Waals surface area contributed by atoms with Crippen molar-refractivity contribution in [2.24, 2.45) is 0 Å². The van der Waals surface area contributed by atoms with E-state index in [-0.39, 0.29) is 0 Å². The topological polar surface area (TPSA) is 0 Å². The van der Waals surface area contributed by atoms with Gasteiger partial charge in [0.2, 0.25) is 0 Å². The molecule has 0 atom stereocenters. The minimum absolute atomic E-state index is 1.34. The van der Waals surface area contributed by atoms with Crippen LogP contribution in [-0.4, -0.2) is 17.7 Å². The zero-order chi connectivity index (χ0) is 4.12. The van der Waals surface area contributed by atoms with Crippen molar-refractivity contribution in [3.05, 3.63) is 0 Å². The van der Waals surface area contributed by atoms with Crippen LogP contribution < -0.4 is 0 Å². The molecule has 0 spiro atoms. The standard InChI is InChI=1S/C4H9.Li/c1-3-4-2;/h1,3-4H2,2H3;/i;1-68. The molecule has 0 unspecified atom stereocenters. The van der Waals surface area contributed by atoms with Gasteiger partial charge in [0, 0.05) is 0 Å². The Balaban J connectivity index is 2.19. The van der Waals surface area contributed by atoms with Crippen LogP contribution in [0.15, 0.2) is 0 Å². The van der Waals surface area contributed by atoms with Crippen LogP contribution in [0.4, 0.5) is 0 Å². The van der Waals surface area contributed by atoms with Crippen molar-refractivity contribution in [2.75, 3.05) is 0 Å².